The third-order valence-electron chi connectivity index (χ3n) is 2.33. The van der Waals surface area contributed by atoms with Gasteiger partial charge in [-0.15, -0.1) is 11.3 Å². The van der Waals surface area contributed by atoms with Crippen molar-refractivity contribution in [3.05, 3.63) is 20.8 Å². The van der Waals surface area contributed by atoms with Crippen molar-refractivity contribution < 1.29 is 4.74 Å². The van der Waals surface area contributed by atoms with E-state index in [1.165, 1.54) is 9.35 Å². The van der Waals surface area contributed by atoms with Crippen LogP contribution in [-0.4, -0.2) is 12.6 Å². The molecule has 1 fully saturated rings. The predicted molar refractivity (Wildman–Crippen MR) is 57.9 cm³/mol. The van der Waals surface area contributed by atoms with Crippen molar-refractivity contribution >= 4 is 27.3 Å². The monoisotopic (exact) mass is 261 g/mol. The molecule has 0 bridgehead atoms. The van der Waals surface area contributed by atoms with Gasteiger partial charge in [0.1, 0.15) is 0 Å². The molecule has 0 saturated carbocycles. The predicted octanol–water partition coefficient (Wildman–Crippen LogP) is 2.69. The lowest BCUT2D eigenvalue weighted by molar-refractivity contribution is 0.0501. The average molecular weight is 262 g/mol. The van der Waals surface area contributed by atoms with Gasteiger partial charge in [0, 0.05) is 6.54 Å². The lowest BCUT2D eigenvalue weighted by Crippen LogP contribution is -2.18. The second-order valence-corrected chi connectivity index (χ2v) is 5.53. The van der Waals surface area contributed by atoms with Gasteiger partial charge in [-0.3, -0.25) is 0 Å². The third kappa shape index (κ3) is 2.13. The molecule has 0 radical (unpaired) electrons. The smallest absolute Gasteiger partial charge is 0.0838 e. The minimum atomic E-state index is 0.267. The number of nitrogens with two attached hydrogens (primary N) is 1. The molecular formula is C9H12BrNOS. The number of hydrogen-bond donors (Lipinski definition) is 1. The summed E-state index contributed by atoms with van der Waals surface area (Å²) < 4.78 is 6.94. The van der Waals surface area contributed by atoms with Gasteiger partial charge in [-0.1, -0.05) is 0 Å². The van der Waals surface area contributed by atoms with Gasteiger partial charge in [0.15, 0.2) is 0 Å². The van der Waals surface area contributed by atoms with Crippen LogP contribution in [0.1, 0.15) is 24.5 Å². The summed E-state index contributed by atoms with van der Waals surface area (Å²) in [5.41, 5.74) is 6.83. The van der Waals surface area contributed by atoms with Crippen molar-refractivity contribution in [1.82, 2.24) is 0 Å². The minimum absolute atomic E-state index is 0.267. The fraction of sp³-hybridized carbons (Fsp3) is 0.556. The van der Waals surface area contributed by atoms with E-state index in [9.17, 15) is 0 Å². The molecule has 2 heterocycles. The Morgan fingerprint density at radius 2 is 2.46 bits per heavy atom. The quantitative estimate of drug-likeness (QED) is 0.889. The molecule has 0 aliphatic carbocycles. The zero-order valence-electron chi connectivity index (χ0n) is 7.20. The highest BCUT2D eigenvalue weighted by Crippen LogP contribution is 2.35. The lowest BCUT2D eigenvalue weighted by Gasteiger charge is -2.10. The SMILES string of the molecule is NCC1CCC(c2csc(Br)c2)O1. The van der Waals surface area contributed by atoms with Crippen LogP contribution in [0.5, 0.6) is 0 Å². The first kappa shape index (κ1) is 9.65. The summed E-state index contributed by atoms with van der Waals surface area (Å²) in [6, 6.07) is 2.13. The summed E-state index contributed by atoms with van der Waals surface area (Å²) in [7, 11) is 0. The topological polar surface area (TPSA) is 35.2 Å². The Labute approximate surface area is 90.2 Å². The Hall–Kier alpha value is 0.1000. The molecule has 4 heteroatoms. The zero-order valence-corrected chi connectivity index (χ0v) is 9.61. The fourth-order valence-corrected chi connectivity index (χ4v) is 2.83. The maximum absolute atomic E-state index is 5.77. The van der Waals surface area contributed by atoms with Crippen molar-refractivity contribution in [2.45, 2.75) is 25.0 Å². The molecule has 1 saturated heterocycles. The van der Waals surface area contributed by atoms with Crippen molar-refractivity contribution in [2.24, 2.45) is 5.73 Å². The molecule has 1 aliphatic rings. The van der Waals surface area contributed by atoms with Crippen LogP contribution >= 0.6 is 27.3 Å². The van der Waals surface area contributed by atoms with E-state index in [0.717, 1.165) is 12.8 Å². The van der Waals surface area contributed by atoms with Gasteiger partial charge >= 0.3 is 0 Å². The summed E-state index contributed by atoms with van der Waals surface area (Å²) in [5, 5.41) is 2.15. The van der Waals surface area contributed by atoms with E-state index in [-0.39, 0.29) is 12.2 Å². The molecule has 2 unspecified atom stereocenters. The van der Waals surface area contributed by atoms with Crippen LogP contribution in [0, 0.1) is 0 Å². The number of ether oxygens (including phenoxy) is 1. The molecule has 2 nitrogen and oxygen atoms in total. The summed E-state index contributed by atoms with van der Waals surface area (Å²) in [6.07, 6.45) is 2.74. The van der Waals surface area contributed by atoms with Gasteiger partial charge in [-0.05, 0) is 45.8 Å². The Bertz CT molecular complexity index is 289. The summed E-state index contributed by atoms with van der Waals surface area (Å²) >= 11 is 5.16. The van der Waals surface area contributed by atoms with Gasteiger partial charge in [-0.2, -0.15) is 0 Å². The third-order valence-corrected chi connectivity index (χ3v) is 3.85. The van der Waals surface area contributed by atoms with Crippen molar-refractivity contribution in [1.29, 1.82) is 0 Å². The molecule has 1 aliphatic heterocycles. The van der Waals surface area contributed by atoms with Gasteiger partial charge < -0.3 is 10.5 Å². The van der Waals surface area contributed by atoms with Gasteiger partial charge in [-0.25, -0.2) is 0 Å². The van der Waals surface area contributed by atoms with E-state index in [1.807, 2.05) is 0 Å². The summed E-state index contributed by atoms with van der Waals surface area (Å²) in [4.78, 5) is 0. The summed E-state index contributed by atoms with van der Waals surface area (Å²) in [6.45, 7) is 0.641. The molecule has 1 aromatic heterocycles. The van der Waals surface area contributed by atoms with Crippen LogP contribution in [0.3, 0.4) is 0 Å². The second-order valence-electron chi connectivity index (χ2n) is 3.24. The van der Waals surface area contributed by atoms with Crippen molar-refractivity contribution in [2.75, 3.05) is 6.54 Å². The largest absolute Gasteiger partial charge is 0.369 e. The second kappa shape index (κ2) is 4.09. The molecule has 1 aromatic rings. The maximum Gasteiger partial charge on any atom is 0.0838 e. The Morgan fingerprint density at radius 3 is 3.00 bits per heavy atom. The van der Waals surface area contributed by atoms with E-state index in [1.54, 1.807) is 11.3 Å². The zero-order chi connectivity index (χ0) is 9.26. The standard InChI is InChI=1S/C9H12BrNOS/c10-9-3-6(5-13-9)8-2-1-7(4-11)12-8/h3,5,7-8H,1-2,4,11H2. The van der Waals surface area contributed by atoms with Crippen LogP contribution < -0.4 is 5.73 Å². The maximum atomic E-state index is 5.77. The van der Waals surface area contributed by atoms with Crippen LogP contribution in [0.25, 0.3) is 0 Å². The Kier molecular flexibility index (Phi) is 3.03. The van der Waals surface area contributed by atoms with Crippen LogP contribution in [0.15, 0.2) is 15.2 Å². The lowest BCUT2D eigenvalue weighted by atomic mass is 10.1. The first-order valence-corrected chi connectivity index (χ1v) is 6.06. The van der Waals surface area contributed by atoms with E-state index < -0.39 is 0 Å². The molecule has 72 valence electrons. The Balaban J connectivity index is 2.03. The highest BCUT2D eigenvalue weighted by atomic mass is 79.9. The molecule has 13 heavy (non-hydrogen) atoms. The number of halogens is 1. The Morgan fingerprint density at radius 1 is 1.62 bits per heavy atom. The molecule has 2 rings (SSSR count). The van der Waals surface area contributed by atoms with Gasteiger partial charge in [0.25, 0.3) is 0 Å². The molecule has 0 spiro atoms. The highest BCUT2D eigenvalue weighted by Gasteiger charge is 2.25. The molecule has 2 atom stereocenters. The molecule has 2 N–H and O–H groups in total. The molecule has 0 aromatic carbocycles. The van der Waals surface area contributed by atoms with Crippen LogP contribution in [0.4, 0.5) is 0 Å². The first-order valence-electron chi connectivity index (χ1n) is 4.39. The minimum Gasteiger partial charge on any atom is -0.369 e. The van der Waals surface area contributed by atoms with E-state index in [4.69, 9.17) is 10.5 Å². The van der Waals surface area contributed by atoms with Crippen molar-refractivity contribution in [3.8, 4) is 0 Å². The molecular weight excluding hydrogens is 250 g/mol. The normalized spacial score (nSPS) is 28.2. The number of hydrogen-bond acceptors (Lipinski definition) is 3. The summed E-state index contributed by atoms with van der Waals surface area (Å²) in [5.74, 6) is 0. The van der Waals surface area contributed by atoms with E-state index >= 15 is 0 Å². The van der Waals surface area contributed by atoms with Gasteiger partial charge in [0.2, 0.25) is 0 Å². The van der Waals surface area contributed by atoms with Gasteiger partial charge in [0.05, 0.1) is 16.0 Å². The fourth-order valence-electron chi connectivity index (χ4n) is 1.62. The van der Waals surface area contributed by atoms with Crippen molar-refractivity contribution in [3.63, 3.8) is 0 Å². The highest BCUT2D eigenvalue weighted by molar-refractivity contribution is 9.11. The average Bonchev–Trinajstić information content (AvgIpc) is 2.71. The molecule has 0 amide bonds. The number of thiophene rings is 1. The number of rotatable bonds is 2. The van der Waals surface area contributed by atoms with E-state index in [2.05, 4.69) is 27.4 Å². The van der Waals surface area contributed by atoms with E-state index in [0.29, 0.717) is 6.54 Å². The first-order chi connectivity index (χ1) is 6.29. The van der Waals surface area contributed by atoms with Crippen LogP contribution in [-0.2, 0) is 4.74 Å². The van der Waals surface area contributed by atoms with Crippen LogP contribution in [0.2, 0.25) is 0 Å².